The van der Waals surface area contributed by atoms with Gasteiger partial charge in [-0.3, -0.25) is 5.11 Å². The molecule has 0 aliphatic heterocycles. The molecule has 151 valence electrons. The second-order valence-corrected chi connectivity index (χ2v) is 6.57. The third-order valence-corrected chi connectivity index (χ3v) is 4.70. The molecule has 0 amide bonds. The van der Waals surface area contributed by atoms with Gasteiger partial charge in [-0.25, -0.2) is 26.3 Å². The monoisotopic (exact) mass is 409 g/mol. The molecule has 0 bridgehead atoms. The molecular weight excluding hydrogens is 394 g/mol. The van der Waals surface area contributed by atoms with Gasteiger partial charge in [-0.05, 0) is 48.6 Å². The molecule has 0 spiro atoms. The Morgan fingerprint density at radius 1 is 0.690 bits per heavy atom. The molecule has 0 atom stereocenters. The van der Waals surface area contributed by atoms with Gasteiger partial charge in [-0.2, -0.15) is 0 Å². The molecule has 3 aromatic rings. The highest BCUT2D eigenvalue weighted by atomic mass is 19.2. The van der Waals surface area contributed by atoms with E-state index in [-0.39, 0.29) is 24.0 Å². The Hall–Kier alpha value is -2.96. The first-order valence-corrected chi connectivity index (χ1v) is 8.83. The van der Waals surface area contributed by atoms with Gasteiger partial charge in [-0.15, -0.1) is 0 Å². The van der Waals surface area contributed by atoms with Gasteiger partial charge in [0.15, 0.2) is 23.2 Å². The summed E-state index contributed by atoms with van der Waals surface area (Å²) in [6.45, 7) is 1.80. The summed E-state index contributed by atoms with van der Waals surface area (Å²) in [5.41, 5.74) is -0.820. The molecule has 29 heavy (non-hydrogen) atoms. The zero-order chi connectivity index (χ0) is 21.3. The van der Waals surface area contributed by atoms with Gasteiger partial charge in [0.1, 0.15) is 17.5 Å². The molecule has 7 heteroatoms. The van der Waals surface area contributed by atoms with Crippen molar-refractivity contribution in [3.8, 4) is 16.9 Å². The second kappa shape index (κ2) is 8.19. The van der Waals surface area contributed by atoms with Crippen molar-refractivity contribution < 1.29 is 31.4 Å². The van der Waals surface area contributed by atoms with E-state index in [0.29, 0.717) is 18.1 Å². The predicted molar refractivity (Wildman–Crippen MR) is 95.0 cm³/mol. The summed E-state index contributed by atoms with van der Waals surface area (Å²) in [5.74, 6) is -8.71. The van der Waals surface area contributed by atoms with E-state index in [4.69, 9.17) is 0 Å². The Morgan fingerprint density at radius 3 is 1.90 bits per heavy atom. The van der Waals surface area contributed by atoms with E-state index in [1.165, 1.54) is 18.2 Å². The lowest BCUT2D eigenvalue weighted by Gasteiger charge is -2.12. The van der Waals surface area contributed by atoms with Crippen molar-refractivity contribution in [3.05, 3.63) is 88.0 Å². The maximum Gasteiger partial charge on any atom is 0.194 e. The zero-order valence-electron chi connectivity index (χ0n) is 15.3. The quantitative estimate of drug-likeness (QED) is 0.331. The van der Waals surface area contributed by atoms with Crippen LogP contribution in [-0.4, -0.2) is 0 Å². The minimum atomic E-state index is -1.64. The van der Waals surface area contributed by atoms with Crippen LogP contribution in [0, 0.1) is 34.9 Å². The number of hydrogen-bond donors (Lipinski definition) is 0. The minimum Gasteiger partial charge on any atom is -0.289 e. The molecule has 1 radical (unpaired) electrons. The van der Waals surface area contributed by atoms with E-state index < -0.39 is 51.8 Å². The summed E-state index contributed by atoms with van der Waals surface area (Å²) in [6, 6.07) is 5.94. The van der Waals surface area contributed by atoms with Crippen LogP contribution in [0.4, 0.5) is 26.3 Å². The van der Waals surface area contributed by atoms with Crippen LogP contribution in [-0.2, 0) is 24.4 Å². The largest absolute Gasteiger partial charge is 0.289 e. The van der Waals surface area contributed by atoms with Crippen LogP contribution in [0.1, 0.15) is 23.6 Å². The van der Waals surface area contributed by atoms with Crippen LogP contribution in [0.3, 0.4) is 0 Å². The fourth-order valence-electron chi connectivity index (χ4n) is 3.12. The molecular formula is C22H15F6O. The number of halogens is 6. The van der Waals surface area contributed by atoms with Crippen LogP contribution in [0.5, 0.6) is 5.75 Å². The number of rotatable bonds is 5. The minimum absolute atomic E-state index is 0.0218. The second-order valence-electron chi connectivity index (χ2n) is 6.57. The van der Waals surface area contributed by atoms with Gasteiger partial charge in [0.25, 0.3) is 0 Å². The average molecular weight is 409 g/mol. The molecule has 0 aliphatic carbocycles. The van der Waals surface area contributed by atoms with Crippen LogP contribution >= 0.6 is 0 Å². The highest BCUT2D eigenvalue weighted by Gasteiger charge is 2.23. The Kier molecular flexibility index (Phi) is 5.86. The Balaban J connectivity index is 2.00. The van der Waals surface area contributed by atoms with Crippen LogP contribution in [0.2, 0.25) is 0 Å². The lowest BCUT2D eigenvalue weighted by Crippen LogP contribution is -2.03. The maximum atomic E-state index is 15.0. The first-order valence-electron chi connectivity index (χ1n) is 8.83. The van der Waals surface area contributed by atoms with Crippen LogP contribution in [0.15, 0.2) is 36.4 Å². The molecule has 3 rings (SSSR count). The highest BCUT2D eigenvalue weighted by Crippen LogP contribution is 2.37. The van der Waals surface area contributed by atoms with Gasteiger partial charge < -0.3 is 0 Å². The normalized spacial score (nSPS) is 11.1. The molecule has 0 heterocycles. The fraction of sp³-hybridized carbons (Fsp3) is 0.182. The van der Waals surface area contributed by atoms with Crippen molar-refractivity contribution in [2.24, 2.45) is 0 Å². The number of aryl methyl sites for hydroxylation is 2. The van der Waals surface area contributed by atoms with Gasteiger partial charge >= 0.3 is 0 Å². The molecule has 0 aromatic heterocycles. The molecule has 0 fully saturated rings. The standard InChI is InChI=1S/C22H15F6O/c1-2-11-3-5-13(15(23)7-11)20-19(29)10-16(24)14(21(20)27)6-4-12-8-17(25)22(28)18(26)9-12/h3,5,7-10H,2,4,6H2,1H3. The van der Waals surface area contributed by atoms with E-state index in [1.54, 1.807) is 6.92 Å². The van der Waals surface area contributed by atoms with Gasteiger partial charge in [0, 0.05) is 17.2 Å². The van der Waals surface area contributed by atoms with Gasteiger partial charge in [0.2, 0.25) is 0 Å². The Bertz CT molecular complexity index is 1050. The molecule has 1 nitrogen and oxygen atoms in total. The fourth-order valence-corrected chi connectivity index (χ4v) is 3.12. The zero-order valence-corrected chi connectivity index (χ0v) is 15.3. The maximum absolute atomic E-state index is 15.0. The van der Waals surface area contributed by atoms with E-state index in [1.807, 2.05) is 0 Å². The number of hydrogen-bond acceptors (Lipinski definition) is 0. The summed E-state index contributed by atoms with van der Waals surface area (Å²) >= 11 is 0. The van der Waals surface area contributed by atoms with Crippen LogP contribution in [0.25, 0.3) is 11.1 Å². The molecule has 0 saturated carbocycles. The summed E-state index contributed by atoms with van der Waals surface area (Å²) in [7, 11) is 0. The Morgan fingerprint density at radius 2 is 1.31 bits per heavy atom. The van der Waals surface area contributed by atoms with Gasteiger partial charge in [0.05, 0.1) is 5.56 Å². The first kappa shape index (κ1) is 20.8. The van der Waals surface area contributed by atoms with Crippen molar-refractivity contribution in [2.75, 3.05) is 0 Å². The smallest absolute Gasteiger partial charge is 0.194 e. The van der Waals surface area contributed by atoms with Crippen LogP contribution < -0.4 is 0 Å². The molecule has 0 N–H and O–H groups in total. The molecule has 0 unspecified atom stereocenters. The summed E-state index contributed by atoms with van der Waals surface area (Å²) in [6.07, 6.45) is -0.0651. The SMILES string of the molecule is CCc1ccc(-c2c([O])cc(F)c(CCc3cc(F)c(F)c(F)c3)c2F)c(F)c1. The van der Waals surface area contributed by atoms with Crippen molar-refractivity contribution in [2.45, 2.75) is 26.2 Å². The van der Waals surface area contributed by atoms with Gasteiger partial charge in [-0.1, -0.05) is 19.1 Å². The average Bonchev–Trinajstić information content (AvgIpc) is 2.66. The highest BCUT2D eigenvalue weighted by molar-refractivity contribution is 5.72. The number of benzene rings is 3. The lowest BCUT2D eigenvalue weighted by atomic mass is 9.95. The van der Waals surface area contributed by atoms with Crippen molar-refractivity contribution >= 4 is 0 Å². The molecule has 3 aromatic carbocycles. The third kappa shape index (κ3) is 4.09. The predicted octanol–water partition coefficient (Wildman–Crippen LogP) is 6.68. The summed E-state index contributed by atoms with van der Waals surface area (Å²) < 4.78 is 83.2. The van der Waals surface area contributed by atoms with E-state index in [0.717, 1.165) is 12.1 Å². The molecule has 0 saturated heterocycles. The van der Waals surface area contributed by atoms with E-state index in [9.17, 15) is 31.4 Å². The lowest BCUT2D eigenvalue weighted by molar-refractivity contribution is 0.350. The Labute approximate surface area is 163 Å². The van der Waals surface area contributed by atoms with Crippen molar-refractivity contribution in [3.63, 3.8) is 0 Å². The van der Waals surface area contributed by atoms with Crippen molar-refractivity contribution in [1.82, 2.24) is 0 Å². The summed E-state index contributed by atoms with van der Waals surface area (Å²) in [4.78, 5) is 0. The topological polar surface area (TPSA) is 19.9 Å². The molecule has 0 aliphatic rings. The third-order valence-electron chi connectivity index (χ3n) is 4.70. The van der Waals surface area contributed by atoms with E-state index in [2.05, 4.69) is 0 Å². The van der Waals surface area contributed by atoms with E-state index >= 15 is 0 Å². The van der Waals surface area contributed by atoms with Crippen molar-refractivity contribution in [1.29, 1.82) is 0 Å². The summed E-state index contributed by atoms with van der Waals surface area (Å²) in [5, 5.41) is 12.1. The first-order chi connectivity index (χ1) is 13.7.